The second-order valence-electron chi connectivity index (χ2n) is 13.6. The number of para-hydroxylation sites is 2. The number of aromatic nitrogens is 4. The van der Waals surface area contributed by atoms with Gasteiger partial charge >= 0.3 is 0 Å². The number of rotatable bonds is 9. The highest BCUT2D eigenvalue weighted by Gasteiger charge is 2.52. The number of aliphatic hydroxyl groups is 2. The third kappa shape index (κ3) is 5.38. The van der Waals surface area contributed by atoms with E-state index < -0.39 is 17.4 Å². The van der Waals surface area contributed by atoms with E-state index in [0.717, 1.165) is 23.9 Å². The molecule has 0 radical (unpaired) electrons. The Labute approximate surface area is 297 Å². The van der Waals surface area contributed by atoms with Crippen LogP contribution in [0.3, 0.4) is 0 Å². The SMILES string of the molecule is C[C@H](/C=C/CC(=O)N1CCC[C@H]1CO)[C@@]1(O)C(=O)N(Cc2ccc(-n3[nH]c4ccccc4c3=O)cc2)c2ccc(-n3[nH]c4ccccc4c3=O)cc21. The zero-order chi connectivity index (χ0) is 36.1. The molecule has 0 bridgehead atoms. The molecule has 4 aromatic carbocycles. The van der Waals surface area contributed by atoms with Crippen LogP contribution in [0, 0.1) is 5.92 Å². The van der Waals surface area contributed by atoms with Crippen molar-refractivity contribution < 1.29 is 19.8 Å². The summed E-state index contributed by atoms with van der Waals surface area (Å²) in [6.07, 6.45) is 5.02. The van der Waals surface area contributed by atoms with Gasteiger partial charge in [0, 0.05) is 24.4 Å². The second kappa shape index (κ2) is 13.0. The van der Waals surface area contributed by atoms with Gasteiger partial charge in [0.05, 0.1) is 58.1 Å². The number of aromatic amines is 2. The first-order valence-electron chi connectivity index (χ1n) is 17.4. The van der Waals surface area contributed by atoms with Gasteiger partial charge < -0.3 is 20.0 Å². The van der Waals surface area contributed by atoms with Crippen LogP contribution < -0.4 is 16.0 Å². The van der Waals surface area contributed by atoms with Gasteiger partial charge in [-0.1, -0.05) is 55.5 Å². The molecule has 0 unspecified atom stereocenters. The topological polar surface area (TPSA) is 157 Å². The molecule has 4 heterocycles. The summed E-state index contributed by atoms with van der Waals surface area (Å²) in [6.45, 7) is 2.37. The highest BCUT2D eigenvalue weighted by Crippen LogP contribution is 2.46. The number of fused-ring (bicyclic) bond motifs is 3. The smallest absolute Gasteiger partial charge is 0.279 e. The molecule has 8 rings (SSSR count). The number of nitrogens with zero attached hydrogens (tertiary/aromatic N) is 4. The third-order valence-electron chi connectivity index (χ3n) is 10.5. The van der Waals surface area contributed by atoms with Crippen molar-refractivity contribution in [3.05, 3.63) is 135 Å². The minimum Gasteiger partial charge on any atom is -0.394 e. The monoisotopic (exact) mass is 698 g/mol. The Morgan fingerprint density at radius 1 is 0.885 bits per heavy atom. The van der Waals surface area contributed by atoms with E-state index in [2.05, 4.69) is 10.2 Å². The first kappa shape index (κ1) is 33.2. The highest BCUT2D eigenvalue weighted by molar-refractivity contribution is 6.07. The van der Waals surface area contributed by atoms with Crippen LogP contribution in [-0.4, -0.2) is 65.7 Å². The van der Waals surface area contributed by atoms with E-state index >= 15 is 0 Å². The largest absolute Gasteiger partial charge is 0.394 e. The second-order valence-corrected chi connectivity index (χ2v) is 13.6. The van der Waals surface area contributed by atoms with E-state index in [1.54, 1.807) is 78.6 Å². The molecule has 264 valence electrons. The van der Waals surface area contributed by atoms with Crippen molar-refractivity contribution in [3.8, 4) is 11.4 Å². The fourth-order valence-electron chi connectivity index (χ4n) is 7.63. The predicted octanol–water partition coefficient (Wildman–Crippen LogP) is 4.25. The molecule has 0 spiro atoms. The Morgan fingerprint density at radius 3 is 2.13 bits per heavy atom. The molecule has 1 fully saturated rings. The van der Waals surface area contributed by atoms with Crippen LogP contribution in [0.2, 0.25) is 0 Å². The number of benzene rings is 4. The average Bonchev–Trinajstić information content (AvgIpc) is 3.92. The van der Waals surface area contributed by atoms with Gasteiger partial charge in [0.2, 0.25) is 5.91 Å². The highest BCUT2D eigenvalue weighted by atomic mass is 16.3. The van der Waals surface area contributed by atoms with Crippen LogP contribution in [0.25, 0.3) is 33.2 Å². The molecule has 12 heteroatoms. The molecular weight excluding hydrogens is 660 g/mol. The standard InChI is InChI=1S/C40H38N6O6/c1-25(8-6-14-36(48)43-21-7-9-29(43)24-47)40(52)32-22-28(46-38(50)31-11-3-5-13-34(31)42-46)19-20-35(32)44(39(40)51)23-26-15-17-27(18-16-26)45-37(49)30-10-2-4-12-33(30)41-45/h2-6,8,10-13,15-20,22,25,29,41-42,47,52H,7,9,14,21,23-24H2,1H3/b8-6+/t25-,29+,40+/m1/s1. The van der Waals surface area contributed by atoms with Gasteiger partial charge in [-0.3, -0.25) is 29.4 Å². The number of hydrogen-bond acceptors (Lipinski definition) is 6. The van der Waals surface area contributed by atoms with Gasteiger partial charge in [0.1, 0.15) is 0 Å². The minimum atomic E-state index is -2.01. The molecule has 2 aliphatic rings. The van der Waals surface area contributed by atoms with Crippen LogP contribution in [0.15, 0.2) is 113 Å². The molecular formula is C40H38N6O6. The summed E-state index contributed by atoms with van der Waals surface area (Å²) in [5, 5.41) is 29.5. The van der Waals surface area contributed by atoms with Gasteiger partial charge in [-0.15, -0.1) is 0 Å². The molecule has 3 atom stereocenters. The Hall–Kier alpha value is -5.98. The van der Waals surface area contributed by atoms with E-state index in [4.69, 9.17) is 0 Å². The summed E-state index contributed by atoms with van der Waals surface area (Å²) < 4.78 is 2.87. The lowest BCUT2D eigenvalue weighted by atomic mass is 9.82. The summed E-state index contributed by atoms with van der Waals surface area (Å²) in [5.41, 5.74) is 1.63. The number of anilines is 1. The summed E-state index contributed by atoms with van der Waals surface area (Å²) in [6, 6.07) is 26.7. The van der Waals surface area contributed by atoms with Gasteiger partial charge in [-0.2, -0.15) is 0 Å². The summed E-state index contributed by atoms with van der Waals surface area (Å²) in [4.78, 5) is 57.0. The zero-order valence-electron chi connectivity index (χ0n) is 28.5. The van der Waals surface area contributed by atoms with E-state index in [9.17, 15) is 29.4 Å². The van der Waals surface area contributed by atoms with Crippen LogP contribution in [0.5, 0.6) is 0 Å². The number of carbonyl (C=O) groups excluding carboxylic acids is 2. The van der Waals surface area contributed by atoms with E-state index in [-0.39, 0.29) is 42.6 Å². The quantitative estimate of drug-likeness (QED) is 0.166. The molecule has 0 aliphatic carbocycles. The molecule has 52 heavy (non-hydrogen) atoms. The summed E-state index contributed by atoms with van der Waals surface area (Å²) in [7, 11) is 0. The van der Waals surface area contributed by atoms with Gasteiger partial charge in [0.15, 0.2) is 5.60 Å². The van der Waals surface area contributed by atoms with Gasteiger partial charge in [0.25, 0.3) is 17.0 Å². The van der Waals surface area contributed by atoms with E-state index in [1.807, 2.05) is 36.4 Å². The third-order valence-corrected chi connectivity index (χ3v) is 10.5. The van der Waals surface area contributed by atoms with Crippen molar-refractivity contribution in [2.75, 3.05) is 18.1 Å². The molecule has 2 amide bonds. The van der Waals surface area contributed by atoms with Gasteiger partial charge in [-0.25, -0.2) is 9.36 Å². The van der Waals surface area contributed by atoms with E-state index in [0.29, 0.717) is 45.5 Å². The summed E-state index contributed by atoms with van der Waals surface area (Å²) in [5.74, 6) is -1.41. The van der Waals surface area contributed by atoms with Crippen molar-refractivity contribution in [1.29, 1.82) is 0 Å². The summed E-state index contributed by atoms with van der Waals surface area (Å²) >= 11 is 0. The molecule has 2 aliphatic heterocycles. The first-order valence-corrected chi connectivity index (χ1v) is 17.4. The maximum atomic E-state index is 14.4. The Morgan fingerprint density at radius 2 is 1.50 bits per heavy atom. The maximum Gasteiger partial charge on any atom is 0.279 e. The zero-order valence-corrected chi connectivity index (χ0v) is 28.5. The molecule has 1 saturated heterocycles. The normalized spacial score (nSPS) is 19.4. The minimum absolute atomic E-state index is 0.0674. The van der Waals surface area contributed by atoms with Gasteiger partial charge in [-0.05, 0) is 73.0 Å². The maximum absolute atomic E-state index is 14.4. The van der Waals surface area contributed by atoms with Crippen LogP contribution >= 0.6 is 0 Å². The number of likely N-dealkylation sites (tertiary alicyclic amines) is 1. The van der Waals surface area contributed by atoms with Crippen molar-refractivity contribution in [1.82, 2.24) is 24.5 Å². The van der Waals surface area contributed by atoms with Crippen LogP contribution in [0.1, 0.15) is 37.3 Å². The fourth-order valence-corrected chi connectivity index (χ4v) is 7.63. The number of carbonyl (C=O) groups is 2. The average molecular weight is 699 g/mol. The predicted molar refractivity (Wildman–Crippen MR) is 198 cm³/mol. The molecule has 6 aromatic rings. The lowest BCUT2D eigenvalue weighted by Gasteiger charge is -2.28. The van der Waals surface area contributed by atoms with Crippen molar-refractivity contribution in [2.24, 2.45) is 5.92 Å². The first-order chi connectivity index (χ1) is 25.2. The van der Waals surface area contributed by atoms with Crippen molar-refractivity contribution in [3.63, 3.8) is 0 Å². The molecule has 12 nitrogen and oxygen atoms in total. The number of H-pyrrole nitrogens is 2. The number of amides is 2. The molecule has 2 aromatic heterocycles. The number of hydrogen-bond donors (Lipinski definition) is 4. The van der Waals surface area contributed by atoms with Crippen LogP contribution in [0.4, 0.5) is 5.69 Å². The number of nitrogens with one attached hydrogen (secondary N) is 2. The van der Waals surface area contributed by atoms with Crippen LogP contribution in [-0.2, 0) is 21.7 Å². The number of aliphatic hydroxyl groups excluding tert-OH is 1. The molecule has 4 N–H and O–H groups in total. The molecule has 0 saturated carbocycles. The van der Waals surface area contributed by atoms with Crippen molar-refractivity contribution >= 4 is 39.3 Å². The Balaban J connectivity index is 1.12. The fraction of sp³-hybridized carbons (Fsp3) is 0.250. The Kier molecular flexibility index (Phi) is 8.27. The van der Waals surface area contributed by atoms with Crippen molar-refractivity contribution in [2.45, 2.75) is 44.4 Å². The Bertz CT molecular complexity index is 2490. The lowest BCUT2D eigenvalue weighted by Crippen LogP contribution is -2.44. The lowest BCUT2D eigenvalue weighted by molar-refractivity contribution is -0.139. The van der Waals surface area contributed by atoms with E-state index in [1.165, 1.54) is 14.3 Å².